The van der Waals surface area contributed by atoms with Gasteiger partial charge in [0.2, 0.25) is 0 Å². The zero-order valence-corrected chi connectivity index (χ0v) is 9.93. The average Bonchev–Trinajstić information content (AvgIpc) is 2.65. The zero-order chi connectivity index (χ0) is 9.16. The second kappa shape index (κ2) is 2.48. The minimum Gasteiger partial charge on any atom is -0.352 e. The Kier molecular flexibility index (Phi) is 1.57. The fourth-order valence-electron chi connectivity index (χ4n) is 2.41. The van der Waals surface area contributed by atoms with Gasteiger partial charge in [0, 0.05) is 16.2 Å². The van der Waals surface area contributed by atoms with Gasteiger partial charge in [0.15, 0.2) is 5.78 Å². The Balaban J connectivity index is 2.17. The van der Waals surface area contributed by atoms with Gasteiger partial charge in [0.05, 0.1) is 4.48 Å². The van der Waals surface area contributed by atoms with Crippen molar-refractivity contribution in [1.82, 2.24) is 4.90 Å². The van der Waals surface area contributed by atoms with Crippen molar-refractivity contribution in [2.45, 2.75) is 24.9 Å². The van der Waals surface area contributed by atoms with Crippen LogP contribution in [0.4, 0.5) is 0 Å². The molecule has 0 aromatic rings. The van der Waals surface area contributed by atoms with E-state index in [-0.39, 0.29) is 11.8 Å². The topological polar surface area (TPSA) is 20.3 Å². The van der Waals surface area contributed by atoms with E-state index in [4.69, 9.17) is 0 Å². The third kappa shape index (κ3) is 0.859. The quantitative estimate of drug-likeness (QED) is 0.684. The van der Waals surface area contributed by atoms with E-state index in [2.05, 4.69) is 42.8 Å². The number of allylic oxidation sites excluding steroid dienone is 1. The Morgan fingerprint density at radius 2 is 2.23 bits per heavy atom. The summed E-state index contributed by atoms with van der Waals surface area (Å²) in [5.41, 5.74) is 1.20. The highest BCUT2D eigenvalue weighted by Crippen LogP contribution is 2.48. The largest absolute Gasteiger partial charge is 0.352 e. The van der Waals surface area contributed by atoms with E-state index in [0.717, 1.165) is 21.8 Å². The minimum absolute atomic E-state index is 0.0446. The van der Waals surface area contributed by atoms with Gasteiger partial charge in [0.25, 0.3) is 0 Å². The molecule has 0 spiro atoms. The van der Waals surface area contributed by atoms with Crippen LogP contribution >= 0.6 is 31.9 Å². The molecular formula is C9H7Br2NO. The van der Waals surface area contributed by atoms with Crippen molar-refractivity contribution in [1.29, 1.82) is 0 Å². The molecule has 0 amide bonds. The number of carbonyl (C=O) groups excluding carboxylic acids is 1. The molecule has 0 N–H and O–H groups in total. The zero-order valence-electron chi connectivity index (χ0n) is 6.76. The Hall–Kier alpha value is -0.0900. The Morgan fingerprint density at radius 1 is 1.46 bits per heavy atom. The molecule has 2 atom stereocenters. The fraction of sp³-hybridized carbons (Fsp3) is 0.444. The second-order valence-electron chi connectivity index (χ2n) is 3.59. The molecule has 13 heavy (non-hydrogen) atoms. The lowest BCUT2D eigenvalue weighted by molar-refractivity contribution is -0.116. The first-order chi connectivity index (χ1) is 6.20. The summed E-state index contributed by atoms with van der Waals surface area (Å²) in [5, 5.41) is 0. The normalized spacial score (nSPS) is 36.0. The van der Waals surface area contributed by atoms with Gasteiger partial charge in [-0.15, -0.1) is 0 Å². The van der Waals surface area contributed by atoms with Crippen molar-refractivity contribution in [3.05, 3.63) is 20.7 Å². The van der Waals surface area contributed by atoms with Crippen LogP contribution in [0.1, 0.15) is 12.8 Å². The number of rotatable bonds is 0. The molecule has 0 saturated carbocycles. The van der Waals surface area contributed by atoms with Gasteiger partial charge < -0.3 is 4.90 Å². The van der Waals surface area contributed by atoms with E-state index >= 15 is 0 Å². The standard InChI is InChI=1S/C9H7Br2NO/c10-5-3-4-1-2-6-7(11)9(13)8(5)12(4)6/h3-4,8H,1-2H2/t4-,8-/m1/s1. The first-order valence-electron chi connectivity index (χ1n) is 4.28. The highest BCUT2D eigenvalue weighted by Gasteiger charge is 2.49. The molecular weight excluding hydrogens is 298 g/mol. The summed E-state index contributed by atoms with van der Waals surface area (Å²) in [6.45, 7) is 0. The van der Waals surface area contributed by atoms with E-state index in [1.165, 1.54) is 5.70 Å². The predicted molar refractivity (Wildman–Crippen MR) is 56.6 cm³/mol. The number of hydrogen-bond acceptors (Lipinski definition) is 2. The van der Waals surface area contributed by atoms with Gasteiger partial charge in [-0.3, -0.25) is 4.79 Å². The molecule has 0 bridgehead atoms. The minimum atomic E-state index is -0.0446. The molecule has 3 heterocycles. The van der Waals surface area contributed by atoms with Gasteiger partial charge >= 0.3 is 0 Å². The van der Waals surface area contributed by atoms with Crippen LogP contribution in [0.15, 0.2) is 20.7 Å². The molecule has 0 aliphatic carbocycles. The van der Waals surface area contributed by atoms with Gasteiger partial charge in [-0.25, -0.2) is 0 Å². The molecule has 1 fully saturated rings. The molecule has 3 aliphatic heterocycles. The van der Waals surface area contributed by atoms with Crippen LogP contribution in [0.3, 0.4) is 0 Å². The van der Waals surface area contributed by atoms with Crippen LogP contribution in [-0.2, 0) is 4.79 Å². The summed E-state index contributed by atoms with van der Waals surface area (Å²) < 4.78 is 1.83. The highest BCUT2D eigenvalue weighted by molar-refractivity contribution is 9.12. The van der Waals surface area contributed by atoms with Crippen molar-refractivity contribution in [3.63, 3.8) is 0 Å². The fourth-order valence-corrected chi connectivity index (χ4v) is 3.76. The van der Waals surface area contributed by atoms with Crippen molar-refractivity contribution in [2.75, 3.05) is 0 Å². The lowest BCUT2D eigenvalue weighted by Crippen LogP contribution is -2.31. The second-order valence-corrected chi connectivity index (χ2v) is 5.30. The predicted octanol–water partition coefficient (Wildman–Crippen LogP) is 2.30. The van der Waals surface area contributed by atoms with Crippen LogP contribution in [0, 0.1) is 0 Å². The number of carbonyl (C=O) groups is 1. The summed E-state index contributed by atoms with van der Waals surface area (Å²) in [7, 11) is 0. The lowest BCUT2D eigenvalue weighted by Gasteiger charge is -2.20. The van der Waals surface area contributed by atoms with Gasteiger partial charge in [-0.2, -0.15) is 0 Å². The number of Topliss-reactive ketones (excluding diaryl/α,β-unsaturated/α-hetero) is 1. The van der Waals surface area contributed by atoms with Crippen LogP contribution in [0.25, 0.3) is 0 Å². The van der Waals surface area contributed by atoms with Crippen LogP contribution in [0.5, 0.6) is 0 Å². The maximum atomic E-state index is 11.8. The maximum absolute atomic E-state index is 11.8. The Bertz CT molecular complexity index is 372. The summed E-state index contributed by atoms with van der Waals surface area (Å²) in [4.78, 5) is 14.0. The first kappa shape index (κ1) is 8.24. The van der Waals surface area contributed by atoms with Crippen molar-refractivity contribution >= 4 is 37.6 Å². The van der Waals surface area contributed by atoms with E-state index in [9.17, 15) is 4.79 Å². The smallest absolute Gasteiger partial charge is 0.199 e. The molecule has 2 nitrogen and oxygen atoms in total. The third-order valence-electron chi connectivity index (χ3n) is 2.95. The van der Waals surface area contributed by atoms with Crippen LogP contribution < -0.4 is 0 Å². The molecule has 68 valence electrons. The monoisotopic (exact) mass is 303 g/mol. The van der Waals surface area contributed by atoms with Crippen LogP contribution in [0.2, 0.25) is 0 Å². The van der Waals surface area contributed by atoms with E-state index in [1.54, 1.807) is 0 Å². The SMILES string of the molecule is O=C1C(Br)=C2CC[C@@H]3C=C(Br)[C@H]1N23. The first-order valence-corrected chi connectivity index (χ1v) is 5.87. The number of ketones is 1. The molecule has 3 aliphatic rings. The summed E-state index contributed by atoms with van der Waals surface area (Å²) in [6.07, 6.45) is 4.34. The highest BCUT2D eigenvalue weighted by atomic mass is 79.9. The molecule has 3 rings (SSSR count). The molecule has 1 saturated heterocycles. The summed E-state index contributed by atoms with van der Waals surface area (Å²) >= 11 is 6.85. The summed E-state index contributed by atoms with van der Waals surface area (Å²) in [5.74, 6) is 0.209. The maximum Gasteiger partial charge on any atom is 0.199 e. The van der Waals surface area contributed by atoms with Crippen molar-refractivity contribution in [3.8, 4) is 0 Å². The van der Waals surface area contributed by atoms with Gasteiger partial charge in [0.1, 0.15) is 6.04 Å². The lowest BCUT2D eigenvalue weighted by atomic mass is 10.2. The number of nitrogens with zero attached hydrogens (tertiary/aromatic N) is 1. The molecule has 0 radical (unpaired) electrons. The molecule has 0 aromatic carbocycles. The molecule has 4 heteroatoms. The summed E-state index contributed by atoms with van der Waals surface area (Å²) in [6, 6.07) is 0.408. The Morgan fingerprint density at radius 3 is 3.00 bits per heavy atom. The van der Waals surface area contributed by atoms with Crippen LogP contribution in [-0.4, -0.2) is 22.8 Å². The molecule has 0 unspecified atom stereocenters. The van der Waals surface area contributed by atoms with E-state index in [1.807, 2.05) is 0 Å². The third-order valence-corrected chi connectivity index (χ3v) is 4.50. The van der Waals surface area contributed by atoms with Gasteiger partial charge in [-0.1, -0.05) is 15.9 Å². The number of halogens is 2. The van der Waals surface area contributed by atoms with Crippen molar-refractivity contribution in [2.24, 2.45) is 0 Å². The average molecular weight is 305 g/mol. The number of hydrogen-bond donors (Lipinski definition) is 0. The Labute approximate surface area is 92.9 Å². The van der Waals surface area contributed by atoms with E-state index in [0.29, 0.717) is 6.04 Å². The van der Waals surface area contributed by atoms with Crippen molar-refractivity contribution < 1.29 is 4.79 Å². The van der Waals surface area contributed by atoms with E-state index < -0.39 is 0 Å². The van der Waals surface area contributed by atoms with Gasteiger partial charge in [-0.05, 0) is 34.8 Å². The molecule has 0 aromatic heterocycles.